The van der Waals surface area contributed by atoms with E-state index in [0.717, 1.165) is 11.3 Å². The number of carbonyl (C=O) groups is 3. The highest BCUT2D eigenvalue weighted by atomic mass is 32.1. The highest BCUT2D eigenvalue weighted by Crippen LogP contribution is 2.33. The summed E-state index contributed by atoms with van der Waals surface area (Å²) in [5.41, 5.74) is 0.0733. The van der Waals surface area contributed by atoms with Gasteiger partial charge >= 0.3 is 5.97 Å². The second kappa shape index (κ2) is 6.53. The maximum Gasteiger partial charge on any atom is 0.345 e. The molecule has 0 spiro atoms. The monoisotopic (exact) mass is 374 g/mol. The molecule has 0 unspecified atom stereocenters. The molecule has 0 fully saturated rings. The number of hydrogen-bond acceptors (Lipinski definition) is 5. The summed E-state index contributed by atoms with van der Waals surface area (Å²) in [7, 11) is 0. The topological polar surface area (TPSA) is 116 Å². The van der Waals surface area contributed by atoms with Crippen LogP contribution < -0.4 is 10.9 Å². The van der Waals surface area contributed by atoms with Gasteiger partial charge in [-0.2, -0.15) is 0 Å². The van der Waals surface area contributed by atoms with Gasteiger partial charge in [0, 0.05) is 22.6 Å². The summed E-state index contributed by atoms with van der Waals surface area (Å²) in [6, 6.07) is 4.43. The Morgan fingerprint density at radius 2 is 2.00 bits per heavy atom. The lowest BCUT2D eigenvalue weighted by Gasteiger charge is -2.29. The smallest absolute Gasteiger partial charge is 0.345 e. The Labute approximate surface area is 153 Å². The van der Waals surface area contributed by atoms with Gasteiger partial charge in [-0.25, -0.2) is 4.79 Å². The van der Waals surface area contributed by atoms with Gasteiger partial charge in [-0.1, -0.05) is 13.8 Å². The molecule has 0 saturated heterocycles. The molecule has 7 nitrogen and oxygen atoms in total. The van der Waals surface area contributed by atoms with E-state index in [1.54, 1.807) is 6.07 Å². The van der Waals surface area contributed by atoms with Crippen LogP contribution in [0.3, 0.4) is 0 Å². The van der Waals surface area contributed by atoms with Crippen LogP contribution in [0.1, 0.15) is 61.2 Å². The predicted octanol–water partition coefficient (Wildman–Crippen LogP) is 2.22. The summed E-state index contributed by atoms with van der Waals surface area (Å²) in [6.07, 6.45) is 0.929. The van der Waals surface area contributed by atoms with Crippen LogP contribution in [0.5, 0.6) is 0 Å². The van der Waals surface area contributed by atoms with E-state index in [0.29, 0.717) is 29.0 Å². The molecular weight excluding hydrogens is 356 g/mol. The van der Waals surface area contributed by atoms with Gasteiger partial charge in [0.2, 0.25) is 0 Å². The van der Waals surface area contributed by atoms with Crippen molar-refractivity contribution < 1.29 is 19.5 Å². The number of aromatic nitrogens is 1. The van der Waals surface area contributed by atoms with Gasteiger partial charge in [-0.15, -0.1) is 11.3 Å². The van der Waals surface area contributed by atoms with Gasteiger partial charge in [0.25, 0.3) is 11.5 Å². The molecular formula is C18H18N2O5S. The van der Waals surface area contributed by atoms with Crippen molar-refractivity contribution in [2.45, 2.75) is 33.2 Å². The summed E-state index contributed by atoms with van der Waals surface area (Å²) >= 11 is 1.05. The molecule has 2 aromatic rings. The number of thiophene rings is 1. The van der Waals surface area contributed by atoms with Crippen molar-refractivity contribution in [1.29, 1.82) is 0 Å². The molecule has 0 saturated carbocycles. The fraction of sp³-hybridized carbons (Fsp3) is 0.333. The number of amides is 1. The Balaban J connectivity index is 1.79. The first kappa shape index (κ1) is 18.1. The van der Waals surface area contributed by atoms with Crippen molar-refractivity contribution in [3.63, 3.8) is 0 Å². The molecule has 0 radical (unpaired) electrons. The third-order valence-corrected chi connectivity index (χ3v) is 5.33. The number of Topliss-reactive ketones (excluding diaryl/α,β-unsaturated/α-hetero) is 1. The molecule has 0 atom stereocenters. The molecule has 3 N–H and O–H groups in total. The number of nitrogens with one attached hydrogen (secondary N) is 2. The fourth-order valence-electron chi connectivity index (χ4n) is 3.05. The first-order valence-corrected chi connectivity index (χ1v) is 8.87. The number of carboxylic acids is 1. The number of pyridine rings is 1. The molecule has 3 rings (SSSR count). The van der Waals surface area contributed by atoms with E-state index < -0.39 is 17.4 Å². The Hall–Kier alpha value is -2.74. The average Bonchev–Trinajstić information content (AvgIpc) is 3.00. The van der Waals surface area contributed by atoms with E-state index in [2.05, 4.69) is 10.3 Å². The molecule has 1 amide bonds. The highest BCUT2D eigenvalue weighted by molar-refractivity contribution is 7.13. The second-order valence-electron chi connectivity index (χ2n) is 7.10. The van der Waals surface area contributed by atoms with Crippen LogP contribution in [0, 0.1) is 5.41 Å². The minimum atomic E-state index is -1.03. The molecule has 136 valence electrons. The van der Waals surface area contributed by atoms with Crippen molar-refractivity contribution in [2.75, 3.05) is 0 Å². The predicted molar refractivity (Wildman–Crippen MR) is 95.9 cm³/mol. The molecule has 1 aliphatic carbocycles. The van der Waals surface area contributed by atoms with Crippen LogP contribution in [0.25, 0.3) is 0 Å². The maximum atomic E-state index is 12.3. The van der Waals surface area contributed by atoms with Crippen LogP contribution >= 0.6 is 11.3 Å². The number of carboxylic acid groups (broad SMARTS) is 1. The highest BCUT2D eigenvalue weighted by Gasteiger charge is 2.32. The van der Waals surface area contributed by atoms with Crippen LogP contribution in [0.2, 0.25) is 0 Å². The number of ketones is 1. The van der Waals surface area contributed by atoms with E-state index in [4.69, 9.17) is 5.11 Å². The van der Waals surface area contributed by atoms with Crippen LogP contribution in [-0.4, -0.2) is 27.8 Å². The van der Waals surface area contributed by atoms with Crippen molar-refractivity contribution >= 4 is 29.0 Å². The molecule has 2 aromatic heterocycles. The quantitative estimate of drug-likeness (QED) is 0.759. The first-order chi connectivity index (χ1) is 12.2. The van der Waals surface area contributed by atoms with Crippen molar-refractivity contribution in [3.05, 3.63) is 55.1 Å². The molecule has 1 aliphatic rings. The minimum absolute atomic E-state index is 0.0918. The van der Waals surface area contributed by atoms with Crippen molar-refractivity contribution in [1.82, 2.24) is 10.3 Å². The number of fused-ring (bicyclic) bond motifs is 1. The Bertz CT molecular complexity index is 970. The third kappa shape index (κ3) is 3.60. The van der Waals surface area contributed by atoms with Gasteiger partial charge in [0.15, 0.2) is 5.78 Å². The SMILES string of the molecule is CC1(C)CC(=O)c2cc(C(=O)NCc3ccc(C(=O)O)s3)c(=O)[nH]c2C1. The Morgan fingerprint density at radius 3 is 2.65 bits per heavy atom. The van der Waals surface area contributed by atoms with E-state index in [1.807, 2.05) is 13.8 Å². The summed E-state index contributed by atoms with van der Waals surface area (Å²) in [4.78, 5) is 51.3. The van der Waals surface area contributed by atoms with Gasteiger partial charge in [-0.3, -0.25) is 14.4 Å². The molecule has 8 heteroatoms. The number of H-pyrrole nitrogens is 1. The summed E-state index contributed by atoms with van der Waals surface area (Å²) in [6.45, 7) is 4.02. The Morgan fingerprint density at radius 1 is 1.27 bits per heavy atom. The standard InChI is InChI=1S/C18H18N2O5S/c1-18(2)6-12-10(13(21)7-18)5-11(16(23)20-12)15(22)19-8-9-3-4-14(26-9)17(24)25/h3-5H,6-8H2,1-2H3,(H,19,22)(H,20,23)(H,24,25). The second-order valence-corrected chi connectivity index (χ2v) is 8.27. The zero-order chi connectivity index (χ0) is 19.1. The summed E-state index contributed by atoms with van der Waals surface area (Å²) in [5, 5.41) is 11.5. The first-order valence-electron chi connectivity index (χ1n) is 8.06. The van der Waals surface area contributed by atoms with E-state index in [1.165, 1.54) is 12.1 Å². The van der Waals surface area contributed by atoms with Gasteiger partial charge < -0.3 is 15.4 Å². The van der Waals surface area contributed by atoms with E-state index >= 15 is 0 Å². The molecule has 0 bridgehead atoms. The summed E-state index contributed by atoms with van der Waals surface area (Å²) in [5.74, 6) is -1.72. The van der Waals surface area contributed by atoms with Crippen LogP contribution in [0.4, 0.5) is 0 Å². The van der Waals surface area contributed by atoms with Gasteiger partial charge in [0.1, 0.15) is 10.4 Å². The van der Waals surface area contributed by atoms with Crippen LogP contribution in [-0.2, 0) is 13.0 Å². The lowest BCUT2D eigenvalue weighted by atomic mass is 9.75. The largest absolute Gasteiger partial charge is 0.477 e. The maximum absolute atomic E-state index is 12.3. The number of carbonyl (C=O) groups excluding carboxylic acids is 2. The van der Waals surface area contributed by atoms with Crippen LogP contribution in [0.15, 0.2) is 23.0 Å². The lowest BCUT2D eigenvalue weighted by Crippen LogP contribution is -2.34. The third-order valence-electron chi connectivity index (χ3n) is 4.26. The fourth-order valence-corrected chi connectivity index (χ4v) is 3.83. The molecule has 26 heavy (non-hydrogen) atoms. The van der Waals surface area contributed by atoms with Gasteiger partial charge in [0.05, 0.1) is 6.54 Å². The lowest BCUT2D eigenvalue weighted by molar-refractivity contribution is 0.0701. The normalized spacial score (nSPS) is 15.4. The molecule has 2 heterocycles. The number of hydrogen-bond donors (Lipinski definition) is 3. The van der Waals surface area contributed by atoms with Gasteiger partial charge in [-0.05, 0) is 30.0 Å². The van der Waals surface area contributed by atoms with E-state index in [9.17, 15) is 19.2 Å². The minimum Gasteiger partial charge on any atom is -0.477 e. The number of aromatic amines is 1. The number of rotatable bonds is 4. The zero-order valence-electron chi connectivity index (χ0n) is 14.3. The zero-order valence-corrected chi connectivity index (χ0v) is 15.2. The molecule has 0 aliphatic heterocycles. The van der Waals surface area contributed by atoms with Crippen molar-refractivity contribution in [3.8, 4) is 0 Å². The molecule has 0 aromatic carbocycles. The number of aromatic carboxylic acids is 1. The van der Waals surface area contributed by atoms with E-state index in [-0.39, 0.29) is 28.2 Å². The van der Waals surface area contributed by atoms with Crippen molar-refractivity contribution in [2.24, 2.45) is 5.41 Å². The Kier molecular flexibility index (Phi) is 4.53. The summed E-state index contributed by atoms with van der Waals surface area (Å²) < 4.78 is 0. The average molecular weight is 374 g/mol.